The summed E-state index contributed by atoms with van der Waals surface area (Å²) >= 11 is 2.62. The van der Waals surface area contributed by atoms with Crippen LogP contribution in [0.15, 0.2) is 47.2 Å². The highest BCUT2D eigenvalue weighted by Gasteiger charge is 2.31. The third-order valence-corrected chi connectivity index (χ3v) is 6.87. The lowest BCUT2D eigenvalue weighted by Gasteiger charge is -2.27. The molecule has 170 valence electrons. The highest BCUT2D eigenvalue weighted by atomic mass is 32.1. The van der Waals surface area contributed by atoms with Gasteiger partial charge < -0.3 is 4.74 Å². The van der Waals surface area contributed by atoms with E-state index in [0.29, 0.717) is 41.0 Å². The van der Waals surface area contributed by atoms with Gasteiger partial charge in [-0.3, -0.25) is 14.6 Å². The minimum atomic E-state index is -4.42. The maximum absolute atomic E-state index is 13.1. The predicted octanol–water partition coefficient (Wildman–Crippen LogP) is 5.26. The summed E-state index contributed by atoms with van der Waals surface area (Å²) < 4.78 is 44.6. The lowest BCUT2D eigenvalue weighted by atomic mass is 10.1. The van der Waals surface area contributed by atoms with Crippen molar-refractivity contribution in [3.05, 3.63) is 57.6 Å². The molecule has 0 aliphatic carbocycles. The van der Waals surface area contributed by atoms with Gasteiger partial charge in [-0.1, -0.05) is 18.2 Å². The molecule has 1 amide bonds. The number of benzene rings is 1. The molecule has 1 aliphatic rings. The molecule has 0 unspecified atom stereocenters. The van der Waals surface area contributed by atoms with E-state index in [4.69, 9.17) is 4.74 Å². The molecule has 0 atom stereocenters. The maximum atomic E-state index is 13.1. The van der Waals surface area contributed by atoms with Crippen molar-refractivity contribution < 1.29 is 22.7 Å². The Morgan fingerprint density at radius 1 is 1.16 bits per heavy atom. The predicted molar refractivity (Wildman–Crippen MR) is 120 cm³/mol. The highest BCUT2D eigenvalue weighted by Crippen LogP contribution is 2.34. The van der Waals surface area contributed by atoms with Crippen molar-refractivity contribution >= 4 is 33.7 Å². The summed E-state index contributed by atoms with van der Waals surface area (Å²) in [6.07, 6.45) is -3.66. The number of thiophene rings is 1. The number of thiazole rings is 1. The van der Waals surface area contributed by atoms with Crippen LogP contribution >= 0.6 is 22.7 Å². The number of rotatable bonds is 7. The van der Waals surface area contributed by atoms with Gasteiger partial charge in [0.25, 0.3) is 5.91 Å². The average Bonchev–Trinajstić information content (AvgIpc) is 3.49. The molecule has 1 aromatic carbocycles. The van der Waals surface area contributed by atoms with E-state index in [2.05, 4.69) is 9.88 Å². The zero-order chi connectivity index (χ0) is 22.6. The molecule has 1 saturated heterocycles. The number of amides is 1. The van der Waals surface area contributed by atoms with Crippen LogP contribution in [0.3, 0.4) is 0 Å². The zero-order valence-corrected chi connectivity index (χ0v) is 18.8. The molecule has 0 bridgehead atoms. The summed E-state index contributed by atoms with van der Waals surface area (Å²) in [6, 6.07) is 8.67. The summed E-state index contributed by atoms with van der Waals surface area (Å²) in [4.78, 5) is 22.2. The molecule has 32 heavy (non-hydrogen) atoms. The summed E-state index contributed by atoms with van der Waals surface area (Å²) in [5, 5.41) is 4.02. The fourth-order valence-electron chi connectivity index (χ4n) is 3.47. The molecule has 10 heteroatoms. The van der Waals surface area contributed by atoms with Crippen LogP contribution in [-0.4, -0.2) is 55.2 Å². The van der Waals surface area contributed by atoms with Crippen molar-refractivity contribution in [3.8, 4) is 11.3 Å². The van der Waals surface area contributed by atoms with Gasteiger partial charge in [0.2, 0.25) is 0 Å². The maximum Gasteiger partial charge on any atom is 0.416 e. The molecule has 1 aliphatic heterocycles. The largest absolute Gasteiger partial charge is 0.416 e. The van der Waals surface area contributed by atoms with E-state index in [1.165, 1.54) is 28.7 Å². The highest BCUT2D eigenvalue weighted by molar-refractivity contribution is 7.14. The van der Waals surface area contributed by atoms with Crippen molar-refractivity contribution in [2.75, 3.05) is 44.3 Å². The Morgan fingerprint density at radius 2 is 1.97 bits per heavy atom. The molecule has 0 saturated carbocycles. The van der Waals surface area contributed by atoms with Gasteiger partial charge >= 0.3 is 6.18 Å². The molecule has 2 aromatic heterocycles. The van der Waals surface area contributed by atoms with Crippen LogP contribution in [0.25, 0.3) is 11.3 Å². The molecular formula is C22H22F3N3O2S2. The number of alkyl halides is 3. The third kappa shape index (κ3) is 5.55. The summed E-state index contributed by atoms with van der Waals surface area (Å²) in [6.45, 7) is 4.48. The van der Waals surface area contributed by atoms with Gasteiger partial charge in [0.1, 0.15) is 0 Å². The number of halogens is 3. The van der Waals surface area contributed by atoms with E-state index in [9.17, 15) is 18.0 Å². The fourth-order valence-corrected chi connectivity index (χ4v) is 5.00. The average molecular weight is 482 g/mol. The van der Waals surface area contributed by atoms with Gasteiger partial charge in [0.05, 0.1) is 29.3 Å². The Hall–Kier alpha value is -2.27. The van der Waals surface area contributed by atoms with E-state index in [1.54, 1.807) is 22.4 Å². The van der Waals surface area contributed by atoms with Crippen molar-refractivity contribution in [2.24, 2.45) is 0 Å². The number of hydrogen-bond acceptors (Lipinski definition) is 6. The molecule has 4 rings (SSSR count). The minimum Gasteiger partial charge on any atom is -0.379 e. The monoisotopic (exact) mass is 481 g/mol. The number of hydrogen-bond donors (Lipinski definition) is 0. The first kappa shape index (κ1) is 22.9. The molecule has 3 heterocycles. The van der Waals surface area contributed by atoms with Crippen molar-refractivity contribution in [1.82, 2.24) is 9.88 Å². The molecule has 3 aromatic rings. The first-order valence-electron chi connectivity index (χ1n) is 10.2. The van der Waals surface area contributed by atoms with Crippen LogP contribution in [0.5, 0.6) is 0 Å². The second-order valence-corrected chi connectivity index (χ2v) is 9.12. The summed E-state index contributed by atoms with van der Waals surface area (Å²) in [7, 11) is 0. The van der Waals surface area contributed by atoms with Gasteiger partial charge in [-0.15, -0.1) is 22.7 Å². The molecule has 1 fully saturated rings. The quantitative estimate of drug-likeness (QED) is 0.462. The first-order valence-corrected chi connectivity index (χ1v) is 12.0. The van der Waals surface area contributed by atoms with Crippen LogP contribution in [0.1, 0.15) is 21.7 Å². The number of nitrogens with zero attached hydrogens (tertiary/aromatic N) is 3. The molecule has 0 spiro atoms. The number of ether oxygens (including phenoxy) is 1. The summed E-state index contributed by atoms with van der Waals surface area (Å²) in [5.41, 5.74) is 0.0778. The van der Waals surface area contributed by atoms with Gasteiger partial charge in [-0.2, -0.15) is 13.2 Å². The van der Waals surface area contributed by atoms with Crippen molar-refractivity contribution in [2.45, 2.75) is 12.6 Å². The standard InChI is InChI=1S/C22H22F3N3O2S2/c23-22(24,25)17-5-1-4-16(14-17)18-15-32-21(26-18)28(20(29)19-6-2-13-31-19)8-3-7-27-9-11-30-12-10-27/h1-2,4-6,13-15H,3,7-12H2. The Balaban J connectivity index is 1.53. The Labute approximate surface area is 192 Å². The van der Waals surface area contributed by atoms with Crippen LogP contribution < -0.4 is 4.90 Å². The van der Waals surface area contributed by atoms with E-state index in [-0.39, 0.29) is 5.91 Å². The Kier molecular flexibility index (Phi) is 7.24. The number of carbonyl (C=O) groups is 1. The third-order valence-electron chi connectivity index (χ3n) is 5.15. The summed E-state index contributed by atoms with van der Waals surface area (Å²) in [5.74, 6) is -0.146. The number of aromatic nitrogens is 1. The van der Waals surface area contributed by atoms with Gasteiger partial charge in [-0.25, -0.2) is 4.98 Å². The second kappa shape index (κ2) is 10.1. The van der Waals surface area contributed by atoms with Crippen LogP contribution in [0.4, 0.5) is 18.3 Å². The van der Waals surface area contributed by atoms with Crippen molar-refractivity contribution in [1.29, 1.82) is 0 Å². The second-order valence-electron chi connectivity index (χ2n) is 7.34. The van der Waals surface area contributed by atoms with E-state index < -0.39 is 11.7 Å². The minimum absolute atomic E-state index is 0.146. The molecular weight excluding hydrogens is 459 g/mol. The van der Waals surface area contributed by atoms with Gasteiger partial charge in [0.15, 0.2) is 5.13 Å². The molecule has 0 N–H and O–H groups in total. The number of morpholine rings is 1. The lowest BCUT2D eigenvalue weighted by molar-refractivity contribution is -0.137. The Morgan fingerprint density at radius 3 is 2.69 bits per heavy atom. The lowest BCUT2D eigenvalue weighted by Crippen LogP contribution is -2.39. The first-order chi connectivity index (χ1) is 15.4. The SMILES string of the molecule is O=C(c1cccs1)N(CCCN1CCOCC1)c1nc(-c2cccc(C(F)(F)F)c2)cs1. The smallest absolute Gasteiger partial charge is 0.379 e. The molecule has 5 nitrogen and oxygen atoms in total. The Bertz CT molecular complexity index is 1030. The van der Waals surface area contributed by atoms with E-state index in [1.807, 2.05) is 11.4 Å². The normalized spacial score (nSPS) is 15.1. The fraction of sp³-hybridized carbons (Fsp3) is 0.364. The van der Waals surface area contributed by atoms with Gasteiger partial charge in [0, 0.05) is 37.1 Å². The zero-order valence-electron chi connectivity index (χ0n) is 17.2. The van der Waals surface area contributed by atoms with Gasteiger partial charge in [-0.05, 0) is 30.0 Å². The topological polar surface area (TPSA) is 45.7 Å². The number of carbonyl (C=O) groups excluding carboxylic acids is 1. The van der Waals surface area contributed by atoms with Crippen molar-refractivity contribution in [3.63, 3.8) is 0 Å². The van der Waals surface area contributed by atoms with E-state index in [0.717, 1.165) is 38.2 Å². The molecule has 0 radical (unpaired) electrons. The van der Waals surface area contributed by atoms with Crippen LogP contribution in [0.2, 0.25) is 0 Å². The van der Waals surface area contributed by atoms with Crippen LogP contribution in [0, 0.1) is 0 Å². The van der Waals surface area contributed by atoms with E-state index >= 15 is 0 Å². The van der Waals surface area contributed by atoms with Crippen LogP contribution in [-0.2, 0) is 10.9 Å². The number of anilines is 1.